The molecular formula is C90H86F2N2O. The van der Waals surface area contributed by atoms with Crippen LogP contribution in [-0.2, 0) is 15.6 Å². The van der Waals surface area contributed by atoms with Gasteiger partial charge in [0.25, 0.3) is 0 Å². The zero-order valence-corrected chi connectivity index (χ0v) is 54.4. The van der Waals surface area contributed by atoms with E-state index in [1.54, 1.807) is 12.2 Å². The average molecular weight is 1250 g/mol. The quantitative estimate of drug-likeness (QED) is 0.117. The van der Waals surface area contributed by atoms with Gasteiger partial charge in [-0.2, -0.15) is 0 Å². The monoisotopic (exact) mass is 1250 g/mol. The van der Waals surface area contributed by atoms with E-state index in [1.807, 2.05) is 0 Å². The summed E-state index contributed by atoms with van der Waals surface area (Å²) < 4.78 is 37.4. The lowest BCUT2D eigenvalue weighted by atomic mass is 9.56. The van der Waals surface area contributed by atoms with Crippen molar-refractivity contribution in [1.82, 2.24) is 4.90 Å². The molecule has 3 nitrogen and oxygen atoms in total. The molecule has 0 N–H and O–H groups in total. The molecule has 0 saturated heterocycles. The second-order valence-corrected chi connectivity index (χ2v) is 29.0. The van der Waals surface area contributed by atoms with Gasteiger partial charge in [-0.25, -0.2) is 8.78 Å². The van der Waals surface area contributed by atoms with Gasteiger partial charge in [-0.1, -0.05) is 218 Å². The summed E-state index contributed by atoms with van der Waals surface area (Å²) in [7, 11) is 0. The van der Waals surface area contributed by atoms with Gasteiger partial charge in [0, 0.05) is 63.1 Å². The summed E-state index contributed by atoms with van der Waals surface area (Å²) >= 11 is 0. The van der Waals surface area contributed by atoms with Gasteiger partial charge in [0.1, 0.15) is 23.9 Å². The van der Waals surface area contributed by atoms with Crippen LogP contribution in [0.1, 0.15) is 111 Å². The normalized spacial score (nSPS) is 34.3. The topological polar surface area (TPSA) is 15.7 Å². The third kappa shape index (κ3) is 10.1. The lowest BCUT2D eigenvalue weighted by Crippen LogP contribution is -2.42. The number of benzene rings is 4. The minimum atomic E-state index is -0.848. The SMILES string of the molecule is C=CC1C=CC(C2(c3ccccc3)C3C=CC=CC3C3C=CC(c4cccc(N(C5=CC6=C(CC5)OC5C=CC(N(C7=CC(C8=CC9C(CC8)c8ccccc8C9(c8ccccc8)C8C=CC(C=C)CC8)CC=C7)C7C=CC(F)=CC7)=CC65)C5=CCC(F)CC5)c4)=CC32)=CC1. The fraction of sp³-hybridized carbons (Fsp3) is 0.311. The summed E-state index contributed by atoms with van der Waals surface area (Å²) in [6, 6.07) is 41.3. The number of halogens is 2. The molecule has 476 valence electrons. The molecule has 5 heteroatoms. The molecule has 95 heavy (non-hydrogen) atoms. The molecule has 12 aliphatic carbocycles. The first-order valence-corrected chi connectivity index (χ1v) is 35.7. The molecule has 0 aromatic heterocycles. The maximum absolute atomic E-state index is 15.3. The van der Waals surface area contributed by atoms with E-state index in [0.717, 1.165) is 79.9 Å². The molecule has 0 amide bonds. The van der Waals surface area contributed by atoms with Crippen molar-refractivity contribution >= 4 is 11.3 Å². The Hall–Kier alpha value is -8.80. The lowest BCUT2D eigenvalue weighted by molar-refractivity contribution is 0.156. The zero-order valence-electron chi connectivity index (χ0n) is 54.4. The van der Waals surface area contributed by atoms with Crippen LogP contribution in [-0.4, -0.2) is 23.2 Å². The minimum absolute atomic E-state index is 0.0361. The molecule has 16 atom stereocenters. The summed E-state index contributed by atoms with van der Waals surface area (Å²) in [6.07, 6.45) is 69.6. The first-order valence-electron chi connectivity index (χ1n) is 35.7. The standard InChI is InChI=1S/C90H86F2N2O/c1-3-59-29-35-67(36-30-59)89(65-19-7-5-8-20-65)83-27-13-11-25-77(83)79-49-33-63(55-85(79)89)61-17-15-23-73(53-61)93(71-43-39-69(91)40-44-71)75-47-51-87-81(57-75)82-58-76(48-52-88(82)95-87)94(72-45-41-70(92)42-46-72)74-24-16-18-62(54-74)64-34-50-80-78-26-12-14-28-84(78)90(86(80)56-64,66-21-9-6-10-22-66)68-37-31-60(4-2)32-38-68/h3-17,19-29,31,33,35-37,41-43,45,48-49,52-60,62,68-69,72,77,79-80,82-83,85-86,88H,1-2,18,30,32,34,38-40,44,46-47,50-51H2. The van der Waals surface area contributed by atoms with E-state index in [9.17, 15) is 0 Å². The van der Waals surface area contributed by atoms with Crippen LogP contribution in [0.3, 0.4) is 0 Å². The Morgan fingerprint density at radius 1 is 0.568 bits per heavy atom. The van der Waals surface area contributed by atoms with Gasteiger partial charge < -0.3 is 14.5 Å². The molecule has 0 spiro atoms. The summed E-state index contributed by atoms with van der Waals surface area (Å²) in [5.41, 5.74) is 17.7. The highest BCUT2D eigenvalue weighted by Gasteiger charge is 2.61. The fourth-order valence-corrected chi connectivity index (χ4v) is 20.1. The number of anilines is 1. The van der Waals surface area contributed by atoms with Crippen LogP contribution in [0.25, 0.3) is 5.57 Å². The van der Waals surface area contributed by atoms with Crippen molar-refractivity contribution < 1.29 is 13.5 Å². The van der Waals surface area contributed by atoms with Gasteiger partial charge in [-0.3, -0.25) is 0 Å². The maximum atomic E-state index is 15.3. The van der Waals surface area contributed by atoms with Crippen molar-refractivity contribution in [3.63, 3.8) is 0 Å². The predicted octanol–water partition coefficient (Wildman–Crippen LogP) is 21.6. The Labute approximate surface area is 561 Å². The molecule has 1 fully saturated rings. The van der Waals surface area contributed by atoms with E-state index in [-0.39, 0.29) is 52.5 Å². The number of allylic oxidation sites excluding steroid dienone is 29. The van der Waals surface area contributed by atoms with Crippen molar-refractivity contribution in [3.05, 3.63) is 359 Å². The van der Waals surface area contributed by atoms with Crippen molar-refractivity contribution in [1.29, 1.82) is 0 Å². The Kier molecular flexibility index (Phi) is 15.6. The van der Waals surface area contributed by atoms with Crippen molar-refractivity contribution in [3.8, 4) is 0 Å². The highest BCUT2D eigenvalue weighted by Crippen LogP contribution is 2.66. The van der Waals surface area contributed by atoms with E-state index in [0.29, 0.717) is 67.1 Å². The third-order valence-corrected chi connectivity index (χ3v) is 24.4. The second kappa shape index (κ2) is 24.8. The Morgan fingerprint density at radius 3 is 2.16 bits per heavy atom. The summed E-state index contributed by atoms with van der Waals surface area (Å²) in [5.74, 6) is 4.07. The van der Waals surface area contributed by atoms with Crippen molar-refractivity contribution in [2.45, 2.75) is 112 Å². The van der Waals surface area contributed by atoms with E-state index in [2.05, 4.69) is 278 Å². The first kappa shape index (κ1) is 59.9. The number of rotatable bonds is 14. The molecule has 1 aliphatic heterocycles. The zero-order chi connectivity index (χ0) is 63.8. The molecule has 13 aliphatic rings. The molecule has 4 aromatic carbocycles. The van der Waals surface area contributed by atoms with E-state index in [4.69, 9.17) is 4.74 Å². The average Bonchev–Trinajstić information content (AvgIpc) is 1.56. The summed E-state index contributed by atoms with van der Waals surface area (Å²) in [6.45, 7) is 8.37. The number of fused-ring (bicyclic) bond motifs is 8. The minimum Gasteiger partial charge on any atom is -0.489 e. The van der Waals surface area contributed by atoms with Crippen LogP contribution < -0.4 is 4.90 Å². The summed E-state index contributed by atoms with van der Waals surface area (Å²) in [4.78, 5) is 4.97. The number of ether oxygens (including phenoxy) is 1. The Morgan fingerprint density at radius 2 is 1.38 bits per heavy atom. The molecular weight excluding hydrogens is 1160 g/mol. The van der Waals surface area contributed by atoms with Crippen LogP contribution in [0, 0.1) is 59.2 Å². The number of hydrogen-bond acceptors (Lipinski definition) is 3. The largest absolute Gasteiger partial charge is 0.489 e. The molecule has 4 aromatic rings. The van der Waals surface area contributed by atoms with Crippen LogP contribution >= 0.6 is 0 Å². The smallest absolute Gasteiger partial charge is 0.127 e. The van der Waals surface area contributed by atoms with Gasteiger partial charge in [0.15, 0.2) is 0 Å². The van der Waals surface area contributed by atoms with E-state index < -0.39 is 6.17 Å². The molecule has 0 radical (unpaired) electrons. The van der Waals surface area contributed by atoms with Gasteiger partial charge in [-0.15, -0.1) is 13.2 Å². The van der Waals surface area contributed by atoms with Crippen LogP contribution in [0.2, 0.25) is 0 Å². The van der Waals surface area contributed by atoms with Gasteiger partial charge >= 0.3 is 0 Å². The number of nitrogens with zero attached hydrogens (tertiary/aromatic N) is 2. The highest BCUT2D eigenvalue weighted by molar-refractivity contribution is 5.79. The number of hydrogen-bond donors (Lipinski definition) is 0. The van der Waals surface area contributed by atoms with Gasteiger partial charge in [0.05, 0.1) is 6.04 Å². The number of alkyl halides is 1. The Bertz CT molecular complexity index is 4310. The highest BCUT2D eigenvalue weighted by atomic mass is 19.1. The van der Waals surface area contributed by atoms with E-state index in [1.165, 1.54) is 55.8 Å². The second-order valence-electron chi connectivity index (χ2n) is 29.0. The van der Waals surface area contributed by atoms with Crippen LogP contribution in [0.15, 0.2) is 331 Å². The van der Waals surface area contributed by atoms with Crippen LogP contribution in [0.5, 0.6) is 0 Å². The summed E-state index contributed by atoms with van der Waals surface area (Å²) in [5, 5.41) is 0. The third-order valence-electron chi connectivity index (χ3n) is 24.4. The first-order chi connectivity index (χ1) is 46.8. The molecule has 0 bridgehead atoms. The lowest BCUT2D eigenvalue weighted by Gasteiger charge is -2.46. The Balaban J connectivity index is 0.710. The fourth-order valence-electron chi connectivity index (χ4n) is 20.1. The van der Waals surface area contributed by atoms with E-state index >= 15 is 8.78 Å². The molecule has 17 rings (SSSR count). The molecule has 1 saturated carbocycles. The van der Waals surface area contributed by atoms with Crippen molar-refractivity contribution in [2.75, 3.05) is 4.90 Å². The maximum Gasteiger partial charge on any atom is 0.127 e. The molecule has 16 unspecified atom stereocenters. The predicted molar refractivity (Wildman–Crippen MR) is 385 cm³/mol. The molecule has 1 heterocycles. The van der Waals surface area contributed by atoms with Crippen molar-refractivity contribution in [2.24, 2.45) is 59.2 Å². The van der Waals surface area contributed by atoms with Gasteiger partial charge in [0.2, 0.25) is 0 Å². The van der Waals surface area contributed by atoms with Crippen LogP contribution in [0.4, 0.5) is 14.5 Å². The van der Waals surface area contributed by atoms with Gasteiger partial charge in [-0.05, 0) is 218 Å².